The lowest BCUT2D eigenvalue weighted by atomic mass is 9.91. The number of aliphatic hydroxyl groups excluding tert-OH is 6. The highest BCUT2D eigenvalue weighted by atomic mass is 16.8. The van der Waals surface area contributed by atoms with Crippen molar-refractivity contribution in [1.82, 2.24) is 26.6 Å². The molecule has 4 aliphatic heterocycles. The lowest BCUT2D eigenvalue weighted by Gasteiger charge is -2.50. The molecule has 4 aliphatic rings. The van der Waals surface area contributed by atoms with E-state index in [4.69, 9.17) is 43.6 Å². The van der Waals surface area contributed by atoms with Crippen LogP contribution in [0.5, 0.6) is 0 Å². The summed E-state index contributed by atoms with van der Waals surface area (Å²) in [7, 11) is 0. The fraction of sp³-hybridized carbons (Fsp3) is 0.821. The first-order valence-electron chi connectivity index (χ1n) is 21.7. The van der Waals surface area contributed by atoms with Crippen molar-refractivity contribution in [3.63, 3.8) is 0 Å². The molecule has 0 bridgehead atoms. The van der Waals surface area contributed by atoms with Gasteiger partial charge in [0.25, 0.3) is 0 Å². The van der Waals surface area contributed by atoms with Gasteiger partial charge in [-0.3, -0.25) is 24.0 Å². The molecule has 0 aromatic rings. The molecule has 0 saturated carbocycles. The Labute approximate surface area is 388 Å². The highest BCUT2D eigenvalue weighted by Gasteiger charge is 2.57. The van der Waals surface area contributed by atoms with Gasteiger partial charge in [-0.25, -0.2) is 9.59 Å². The predicted octanol–water partition coefficient (Wildman–Crippen LogP) is -7.69. The fourth-order valence-electron chi connectivity index (χ4n) is 8.22. The second-order valence-corrected chi connectivity index (χ2v) is 16.6. The molecule has 388 valence electrons. The smallest absolute Gasteiger partial charge is 0.335 e. The number of carbonyl (C=O) groups excluding carboxylic acids is 5. The summed E-state index contributed by atoms with van der Waals surface area (Å²) in [6.45, 7) is 4.12. The number of aliphatic carboxylic acids is 2. The van der Waals surface area contributed by atoms with E-state index < -0.39 is 177 Å². The van der Waals surface area contributed by atoms with Crippen LogP contribution in [0.25, 0.3) is 0 Å². The molecular weight excluding hydrogens is 920 g/mol. The van der Waals surface area contributed by atoms with Gasteiger partial charge in [0.1, 0.15) is 73.1 Å². The Bertz CT molecular complexity index is 1750. The topological polar surface area (TPSA) is 441 Å². The zero-order chi connectivity index (χ0) is 50.7. The van der Waals surface area contributed by atoms with Crippen molar-refractivity contribution in [3.05, 3.63) is 0 Å². The third-order valence-electron chi connectivity index (χ3n) is 11.2. The Kier molecular flexibility index (Phi) is 21.1. The molecular formula is C39H64N6O23. The summed E-state index contributed by atoms with van der Waals surface area (Å²) in [6, 6.07) is -7.74. The van der Waals surface area contributed by atoms with Crippen molar-refractivity contribution >= 4 is 41.5 Å². The van der Waals surface area contributed by atoms with Gasteiger partial charge in [0.05, 0.1) is 25.3 Å². The van der Waals surface area contributed by atoms with Gasteiger partial charge in [-0.15, -0.1) is 0 Å². The maximum absolute atomic E-state index is 13.1. The molecule has 0 aromatic carbocycles. The number of hydrogen-bond donors (Lipinski definition) is 14. The van der Waals surface area contributed by atoms with Gasteiger partial charge in [0.2, 0.25) is 29.5 Å². The molecule has 5 amide bonds. The summed E-state index contributed by atoms with van der Waals surface area (Å²) in [5, 5.41) is 98.1. The van der Waals surface area contributed by atoms with Crippen LogP contribution in [0.15, 0.2) is 0 Å². The molecule has 4 fully saturated rings. The van der Waals surface area contributed by atoms with E-state index in [1.54, 1.807) is 0 Å². The number of unbranched alkanes of at least 4 members (excludes halogenated alkanes) is 2. The van der Waals surface area contributed by atoms with Crippen molar-refractivity contribution in [3.8, 4) is 0 Å². The molecule has 68 heavy (non-hydrogen) atoms. The third-order valence-corrected chi connectivity index (χ3v) is 11.2. The van der Waals surface area contributed by atoms with Crippen molar-refractivity contribution in [1.29, 1.82) is 0 Å². The maximum atomic E-state index is 13.1. The normalized spacial score (nSPS) is 38.4. The first-order chi connectivity index (χ1) is 32.0. The number of carboxylic acid groups (broad SMARTS) is 2. The van der Waals surface area contributed by atoms with Crippen LogP contribution in [-0.4, -0.2) is 231 Å². The summed E-state index contributed by atoms with van der Waals surface area (Å²) in [5.41, 5.74) is 5.58. The first-order valence-corrected chi connectivity index (χ1v) is 21.7. The minimum Gasteiger partial charge on any atom is -0.479 e. The Morgan fingerprint density at radius 3 is 1.51 bits per heavy atom. The Morgan fingerprint density at radius 1 is 0.485 bits per heavy atom. The highest BCUT2D eigenvalue weighted by Crippen LogP contribution is 2.34. The first kappa shape index (κ1) is 56.3. The molecule has 4 rings (SSSR count). The zero-order valence-corrected chi connectivity index (χ0v) is 37.8. The van der Waals surface area contributed by atoms with Gasteiger partial charge < -0.3 is 111 Å². The zero-order valence-electron chi connectivity index (χ0n) is 37.8. The molecule has 29 nitrogen and oxygen atoms in total. The number of aliphatic hydroxyl groups is 6. The molecule has 0 aromatic heterocycles. The minimum absolute atomic E-state index is 0.0645. The third kappa shape index (κ3) is 14.4. The van der Waals surface area contributed by atoms with Crippen molar-refractivity contribution in [2.24, 2.45) is 5.73 Å². The average Bonchev–Trinajstić information content (AvgIpc) is 3.24. The molecule has 0 radical (unpaired) electrons. The number of amides is 5. The van der Waals surface area contributed by atoms with E-state index in [0.717, 1.165) is 34.6 Å². The lowest BCUT2D eigenvalue weighted by Crippen LogP contribution is -2.73. The van der Waals surface area contributed by atoms with Crippen molar-refractivity contribution in [2.45, 2.75) is 176 Å². The molecule has 0 unspecified atom stereocenters. The van der Waals surface area contributed by atoms with E-state index in [9.17, 15) is 74.4 Å². The standard InChI is InChI=1S/C39H64N6O23/c1-13(47)41-20-22(43-15(3)49)36(67-32(27(20)54)34(57)58)62-12-19-25(52)28(55)29(56)39(64-19)66-31-21(42-14(2)48)23(44-16(4)50)38(68-33(31)35(59)60)65-30-24(45-17(5)51)37(61-10-8-6-7-9-40)63-18(11-46)26(30)53/h18-33,36-39,46,52-56H,6-12,40H2,1-5H3,(H,41,47)(H,42,48)(H,43,49)(H,44,50)(H,45,51)(H,57,58)(H,59,60)/t18-,19-,20-,21-,22+,23+,24-,25-,26-,27+,28+,29-,30-,31+,32+,33+,36-,37+,38-,39-/m1/s1. The second kappa shape index (κ2) is 25.5. The maximum Gasteiger partial charge on any atom is 0.335 e. The summed E-state index contributed by atoms with van der Waals surface area (Å²) in [4.78, 5) is 87.5. The Hall–Kier alpha value is -4.31. The van der Waals surface area contributed by atoms with Crippen molar-refractivity contribution < 1.29 is 112 Å². The molecule has 15 N–H and O–H groups in total. The fourth-order valence-corrected chi connectivity index (χ4v) is 8.22. The Balaban J connectivity index is 1.67. The van der Waals surface area contributed by atoms with Gasteiger partial charge in [-0.2, -0.15) is 0 Å². The summed E-state index contributed by atoms with van der Waals surface area (Å²) in [5.74, 6) is -7.28. The van der Waals surface area contributed by atoms with E-state index in [1.807, 2.05) is 0 Å². The summed E-state index contributed by atoms with van der Waals surface area (Å²) < 4.78 is 46.7. The van der Waals surface area contributed by atoms with Crippen LogP contribution in [0, 0.1) is 0 Å². The largest absolute Gasteiger partial charge is 0.479 e. The second-order valence-electron chi connectivity index (χ2n) is 16.6. The predicted molar refractivity (Wildman–Crippen MR) is 220 cm³/mol. The van der Waals surface area contributed by atoms with Crippen LogP contribution in [0.4, 0.5) is 0 Å². The van der Waals surface area contributed by atoms with Gasteiger partial charge in [0, 0.05) is 41.2 Å². The summed E-state index contributed by atoms with van der Waals surface area (Å²) in [6.07, 6.45) is -26.7. The van der Waals surface area contributed by atoms with Crippen LogP contribution in [0.2, 0.25) is 0 Å². The van der Waals surface area contributed by atoms with Crippen LogP contribution in [0.3, 0.4) is 0 Å². The van der Waals surface area contributed by atoms with Gasteiger partial charge >= 0.3 is 11.9 Å². The van der Waals surface area contributed by atoms with Crippen LogP contribution >= 0.6 is 0 Å². The average molecular weight is 985 g/mol. The number of nitrogens with two attached hydrogens (primary N) is 1. The Morgan fingerprint density at radius 2 is 0.971 bits per heavy atom. The van der Waals surface area contributed by atoms with Crippen LogP contribution < -0.4 is 32.3 Å². The van der Waals surface area contributed by atoms with E-state index in [-0.39, 0.29) is 6.61 Å². The summed E-state index contributed by atoms with van der Waals surface area (Å²) >= 11 is 0. The van der Waals surface area contributed by atoms with E-state index in [2.05, 4.69) is 26.6 Å². The monoisotopic (exact) mass is 984 g/mol. The number of hydrogen-bond acceptors (Lipinski definition) is 22. The van der Waals surface area contributed by atoms with Gasteiger partial charge in [-0.05, 0) is 25.8 Å². The molecule has 0 aliphatic carbocycles. The SMILES string of the molecule is CC(=O)N[C@@H]1[C@H](O[C@H]2[C@H](O)[C@@H](CO)O[C@H](OCCCCCN)[C@@H]2NC(C)=O)O[C@H](C(=O)O)[C@@H](O[C@H]2O[C@H](CO[C@@H]3O[C@H](C(=O)O)[C@@H](O)[C@H](NC(C)=O)[C@@H]3NC(C)=O)[C@@H](O)[C@H](O)[C@H]2O)[C@@H]1NC(C)=O. The molecule has 20 atom stereocenters. The highest BCUT2D eigenvalue weighted by molar-refractivity contribution is 5.78. The van der Waals surface area contributed by atoms with Crippen molar-refractivity contribution in [2.75, 3.05) is 26.4 Å². The molecule has 4 saturated heterocycles. The van der Waals surface area contributed by atoms with Crippen LogP contribution in [-0.2, 0) is 71.5 Å². The van der Waals surface area contributed by atoms with E-state index in [0.29, 0.717) is 25.8 Å². The number of carboxylic acids is 2. The van der Waals surface area contributed by atoms with Crippen LogP contribution in [0.1, 0.15) is 53.9 Å². The lowest BCUT2D eigenvalue weighted by molar-refractivity contribution is -0.350. The number of carbonyl (C=O) groups is 7. The number of ether oxygens (including phenoxy) is 8. The minimum atomic E-state index is -2.24. The number of nitrogens with one attached hydrogen (secondary N) is 5. The molecule has 0 spiro atoms. The van der Waals surface area contributed by atoms with E-state index in [1.165, 1.54) is 0 Å². The number of rotatable bonds is 21. The molecule has 29 heteroatoms. The van der Waals surface area contributed by atoms with E-state index >= 15 is 0 Å². The van der Waals surface area contributed by atoms with Gasteiger partial charge in [0.15, 0.2) is 37.4 Å². The van der Waals surface area contributed by atoms with Gasteiger partial charge in [-0.1, -0.05) is 0 Å². The quantitative estimate of drug-likeness (QED) is 0.0475. The molecule has 4 heterocycles.